The molecule has 1 atom stereocenters. The normalized spacial score (nSPS) is 19.5. The van der Waals surface area contributed by atoms with Crippen molar-refractivity contribution < 1.29 is 4.74 Å². The molecular weight excluding hydrogens is 286 g/mol. The molecule has 2 aromatic rings. The lowest BCUT2D eigenvalue weighted by atomic mass is 9.77. The van der Waals surface area contributed by atoms with Crippen molar-refractivity contribution in [1.82, 2.24) is 4.98 Å². The van der Waals surface area contributed by atoms with Crippen LogP contribution < -0.4 is 5.73 Å². The Morgan fingerprint density at radius 2 is 2.04 bits per heavy atom. The van der Waals surface area contributed by atoms with Crippen molar-refractivity contribution >= 4 is 5.76 Å². The number of nitrogens with zero attached hydrogens (tertiary/aromatic N) is 2. The van der Waals surface area contributed by atoms with Crippen molar-refractivity contribution in [3.63, 3.8) is 0 Å². The Bertz CT molecular complexity index is 875. The summed E-state index contributed by atoms with van der Waals surface area (Å²) in [7, 11) is 0. The number of allylic oxidation sites excluding steroid dienone is 2. The fourth-order valence-corrected chi connectivity index (χ4v) is 3.43. The number of nitrogens with two attached hydrogens (primary N) is 1. The number of fused-ring (bicyclic) bond motifs is 2. The second kappa shape index (κ2) is 5.29. The zero-order chi connectivity index (χ0) is 15.8. The molecule has 1 aromatic carbocycles. The van der Waals surface area contributed by atoms with E-state index in [1.54, 1.807) is 12.4 Å². The number of hydrogen-bond acceptors (Lipinski definition) is 4. The number of rotatable bonds is 1. The topological polar surface area (TPSA) is 71.9 Å². The smallest absolute Gasteiger partial charge is 0.205 e. The van der Waals surface area contributed by atoms with E-state index in [0.29, 0.717) is 5.57 Å². The Balaban J connectivity index is 1.93. The van der Waals surface area contributed by atoms with Gasteiger partial charge in [-0.15, -0.1) is 0 Å². The van der Waals surface area contributed by atoms with E-state index in [1.807, 2.05) is 24.3 Å². The van der Waals surface area contributed by atoms with Gasteiger partial charge >= 0.3 is 0 Å². The molecule has 4 heteroatoms. The van der Waals surface area contributed by atoms with Gasteiger partial charge < -0.3 is 10.5 Å². The summed E-state index contributed by atoms with van der Waals surface area (Å²) in [5.74, 6) is 0.819. The number of aryl methyl sites for hydroxylation is 1. The van der Waals surface area contributed by atoms with Crippen LogP contribution in [0.25, 0.3) is 5.76 Å². The number of nitriles is 1. The van der Waals surface area contributed by atoms with Gasteiger partial charge in [-0.2, -0.15) is 5.26 Å². The van der Waals surface area contributed by atoms with Gasteiger partial charge in [-0.3, -0.25) is 4.98 Å². The summed E-state index contributed by atoms with van der Waals surface area (Å²) in [5.41, 5.74) is 10.9. The average Bonchev–Trinajstić information content (AvgIpc) is 2.61. The molecule has 0 spiro atoms. The molecule has 0 fully saturated rings. The average molecular weight is 301 g/mol. The molecule has 2 N–H and O–H groups in total. The molecule has 23 heavy (non-hydrogen) atoms. The van der Waals surface area contributed by atoms with Crippen molar-refractivity contribution in [2.45, 2.75) is 18.8 Å². The third-order valence-corrected chi connectivity index (χ3v) is 4.47. The summed E-state index contributed by atoms with van der Waals surface area (Å²) in [6.07, 6.45) is 5.32. The summed E-state index contributed by atoms with van der Waals surface area (Å²) < 4.78 is 5.87. The largest absolute Gasteiger partial charge is 0.440 e. The lowest BCUT2D eigenvalue weighted by Gasteiger charge is -2.32. The Hall–Kier alpha value is -3.06. The first kappa shape index (κ1) is 13.6. The van der Waals surface area contributed by atoms with Gasteiger partial charge in [-0.1, -0.05) is 30.3 Å². The van der Waals surface area contributed by atoms with E-state index in [1.165, 1.54) is 5.56 Å². The highest BCUT2D eigenvalue weighted by Gasteiger charge is 2.35. The predicted molar refractivity (Wildman–Crippen MR) is 86.6 cm³/mol. The zero-order valence-electron chi connectivity index (χ0n) is 12.5. The second-order valence-electron chi connectivity index (χ2n) is 5.72. The quantitative estimate of drug-likeness (QED) is 0.877. The van der Waals surface area contributed by atoms with Gasteiger partial charge in [0.25, 0.3) is 0 Å². The van der Waals surface area contributed by atoms with E-state index in [2.05, 4.69) is 23.2 Å². The van der Waals surface area contributed by atoms with Gasteiger partial charge in [0.15, 0.2) is 0 Å². The van der Waals surface area contributed by atoms with Crippen LogP contribution in [0.1, 0.15) is 29.0 Å². The van der Waals surface area contributed by atoms with E-state index in [9.17, 15) is 5.26 Å². The summed E-state index contributed by atoms with van der Waals surface area (Å²) in [6, 6.07) is 14.3. The molecule has 4 nitrogen and oxygen atoms in total. The molecule has 1 unspecified atom stereocenters. The Kier molecular flexibility index (Phi) is 3.13. The summed E-state index contributed by atoms with van der Waals surface area (Å²) in [5, 5.41) is 9.57. The zero-order valence-corrected chi connectivity index (χ0v) is 12.5. The van der Waals surface area contributed by atoms with Crippen LogP contribution in [0.5, 0.6) is 0 Å². The van der Waals surface area contributed by atoms with Crippen molar-refractivity contribution in [2.75, 3.05) is 0 Å². The van der Waals surface area contributed by atoms with Crippen LogP contribution in [-0.2, 0) is 11.2 Å². The Labute approximate surface area is 134 Å². The second-order valence-corrected chi connectivity index (χ2v) is 5.72. The van der Waals surface area contributed by atoms with E-state index in [0.717, 1.165) is 35.3 Å². The third kappa shape index (κ3) is 2.09. The van der Waals surface area contributed by atoms with Crippen molar-refractivity contribution in [3.8, 4) is 6.07 Å². The van der Waals surface area contributed by atoms with Crippen molar-refractivity contribution in [3.05, 3.63) is 82.5 Å². The molecule has 1 aliphatic heterocycles. The highest BCUT2D eigenvalue weighted by atomic mass is 16.5. The maximum atomic E-state index is 9.57. The number of benzene rings is 1. The highest BCUT2D eigenvalue weighted by Crippen LogP contribution is 2.46. The molecule has 0 saturated carbocycles. The summed E-state index contributed by atoms with van der Waals surface area (Å²) >= 11 is 0. The lowest BCUT2D eigenvalue weighted by molar-refractivity contribution is 0.349. The minimum atomic E-state index is -0.175. The first-order chi connectivity index (χ1) is 11.3. The molecule has 1 aromatic heterocycles. The lowest BCUT2D eigenvalue weighted by Crippen LogP contribution is -2.23. The van der Waals surface area contributed by atoms with Crippen LogP contribution in [0.15, 0.2) is 65.8 Å². The van der Waals surface area contributed by atoms with Gasteiger partial charge in [0.05, 0.1) is 5.92 Å². The first-order valence-electron chi connectivity index (χ1n) is 7.58. The van der Waals surface area contributed by atoms with Crippen LogP contribution in [0, 0.1) is 11.3 Å². The molecule has 1 aliphatic carbocycles. The van der Waals surface area contributed by atoms with Crippen LogP contribution in [0.2, 0.25) is 0 Å². The number of pyridine rings is 1. The minimum absolute atomic E-state index is 0.175. The monoisotopic (exact) mass is 301 g/mol. The van der Waals surface area contributed by atoms with Crippen LogP contribution in [0.3, 0.4) is 0 Å². The molecule has 2 aliphatic rings. The number of aromatic nitrogens is 1. The van der Waals surface area contributed by atoms with Crippen LogP contribution in [-0.4, -0.2) is 4.98 Å². The van der Waals surface area contributed by atoms with Crippen molar-refractivity contribution in [2.24, 2.45) is 5.73 Å². The van der Waals surface area contributed by atoms with Gasteiger partial charge in [-0.05, 0) is 35.6 Å². The van der Waals surface area contributed by atoms with Crippen molar-refractivity contribution in [1.29, 1.82) is 5.26 Å². The van der Waals surface area contributed by atoms with Crippen LogP contribution in [0.4, 0.5) is 0 Å². The number of ether oxygens (including phenoxy) is 1. The minimum Gasteiger partial charge on any atom is -0.440 e. The fraction of sp³-hybridized carbons (Fsp3) is 0.158. The van der Waals surface area contributed by atoms with Crippen LogP contribution >= 0.6 is 0 Å². The number of hydrogen-bond donors (Lipinski definition) is 1. The summed E-state index contributed by atoms with van der Waals surface area (Å²) in [6.45, 7) is 0. The molecule has 2 heterocycles. The Morgan fingerprint density at radius 1 is 1.17 bits per heavy atom. The van der Waals surface area contributed by atoms with E-state index in [-0.39, 0.29) is 11.8 Å². The molecule has 0 bridgehead atoms. The van der Waals surface area contributed by atoms with E-state index < -0.39 is 0 Å². The van der Waals surface area contributed by atoms with E-state index >= 15 is 0 Å². The molecule has 0 saturated heterocycles. The maximum Gasteiger partial charge on any atom is 0.205 e. The van der Waals surface area contributed by atoms with Gasteiger partial charge in [0.1, 0.15) is 17.4 Å². The molecular formula is C19H15N3O. The molecule has 0 radical (unpaired) electrons. The highest BCUT2D eigenvalue weighted by molar-refractivity contribution is 5.73. The summed E-state index contributed by atoms with van der Waals surface area (Å²) in [4.78, 5) is 4.20. The Morgan fingerprint density at radius 3 is 2.83 bits per heavy atom. The third-order valence-electron chi connectivity index (χ3n) is 4.47. The van der Waals surface area contributed by atoms with Gasteiger partial charge in [-0.25, -0.2) is 0 Å². The SMILES string of the molecule is N#CC1=C(N)OC2=C(CCc3ccccc32)C1c1cccnc1. The first-order valence-corrected chi connectivity index (χ1v) is 7.58. The standard InChI is InChI=1S/C19H15N3O/c20-10-16-17(13-5-3-9-22-11-13)15-8-7-12-4-1-2-6-14(12)18(15)23-19(16)21/h1-6,9,11,17H,7-8,21H2. The van der Waals surface area contributed by atoms with E-state index in [4.69, 9.17) is 10.5 Å². The fourth-order valence-electron chi connectivity index (χ4n) is 3.43. The molecule has 0 amide bonds. The molecule has 4 rings (SSSR count). The van der Waals surface area contributed by atoms with Gasteiger partial charge in [0.2, 0.25) is 5.88 Å². The van der Waals surface area contributed by atoms with Gasteiger partial charge in [0, 0.05) is 18.0 Å². The maximum absolute atomic E-state index is 9.57. The predicted octanol–water partition coefficient (Wildman–Crippen LogP) is 3.25. The molecule has 112 valence electrons.